The molecule has 0 bridgehead atoms. The van der Waals surface area contributed by atoms with Crippen molar-refractivity contribution >= 4 is 5.91 Å². The number of carbonyl (C=O) groups is 1. The van der Waals surface area contributed by atoms with Crippen LogP contribution in [0.3, 0.4) is 0 Å². The lowest BCUT2D eigenvalue weighted by molar-refractivity contribution is -0.123. The third kappa shape index (κ3) is 4.58. The third-order valence-electron chi connectivity index (χ3n) is 4.10. The summed E-state index contributed by atoms with van der Waals surface area (Å²) in [6, 6.07) is 0.693. The summed E-state index contributed by atoms with van der Waals surface area (Å²) in [5, 5.41) is 3.13. The monoisotopic (exact) mass is 254 g/mol. The molecule has 0 spiro atoms. The molecular formula is C14H26N2O2. The summed E-state index contributed by atoms with van der Waals surface area (Å²) in [6.07, 6.45) is 9.46. The van der Waals surface area contributed by atoms with Gasteiger partial charge in [-0.05, 0) is 51.4 Å². The summed E-state index contributed by atoms with van der Waals surface area (Å²) in [4.78, 5) is 11.8. The van der Waals surface area contributed by atoms with E-state index in [-0.39, 0.29) is 5.91 Å². The first kappa shape index (κ1) is 13.8. The molecule has 3 N–H and O–H groups in total. The molecule has 0 aromatic rings. The average Bonchev–Trinajstić information content (AvgIpc) is 2.40. The molecule has 4 nitrogen and oxygen atoms in total. The Hall–Kier alpha value is -0.610. The van der Waals surface area contributed by atoms with Gasteiger partial charge >= 0.3 is 0 Å². The van der Waals surface area contributed by atoms with E-state index in [0.717, 1.165) is 45.1 Å². The zero-order valence-corrected chi connectivity index (χ0v) is 11.2. The maximum atomic E-state index is 11.8. The van der Waals surface area contributed by atoms with Crippen LogP contribution in [0.4, 0.5) is 0 Å². The molecule has 1 aliphatic carbocycles. The lowest BCUT2D eigenvalue weighted by atomic mass is 9.91. The fourth-order valence-corrected chi connectivity index (χ4v) is 2.89. The molecule has 1 heterocycles. The van der Waals surface area contributed by atoms with E-state index in [1.165, 1.54) is 12.8 Å². The summed E-state index contributed by atoms with van der Waals surface area (Å²) < 4.78 is 5.64. The second kappa shape index (κ2) is 7.10. The number of ether oxygens (including phenoxy) is 1. The van der Waals surface area contributed by atoms with Crippen molar-refractivity contribution in [1.29, 1.82) is 0 Å². The zero-order chi connectivity index (χ0) is 12.8. The Morgan fingerprint density at radius 3 is 2.61 bits per heavy atom. The zero-order valence-electron chi connectivity index (χ0n) is 11.2. The van der Waals surface area contributed by atoms with Crippen molar-refractivity contribution in [2.24, 2.45) is 5.73 Å². The van der Waals surface area contributed by atoms with Gasteiger partial charge < -0.3 is 15.8 Å². The standard InChI is InChI=1S/C14H26N2O2/c15-11-4-6-12(7-5-11)16-14(17)9-8-13-3-1-2-10-18-13/h11-13H,1-10,15H2,(H,16,17). The molecule has 0 aromatic carbocycles. The van der Waals surface area contributed by atoms with Gasteiger partial charge in [-0.25, -0.2) is 0 Å². The van der Waals surface area contributed by atoms with Crippen molar-refractivity contribution < 1.29 is 9.53 Å². The molecule has 1 saturated carbocycles. The van der Waals surface area contributed by atoms with Gasteiger partial charge in [-0.2, -0.15) is 0 Å². The number of hydrogen-bond donors (Lipinski definition) is 2. The van der Waals surface area contributed by atoms with Crippen LogP contribution in [0.15, 0.2) is 0 Å². The van der Waals surface area contributed by atoms with E-state index in [9.17, 15) is 4.79 Å². The second-order valence-electron chi connectivity index (χ2n) is 5.71. The maximum absolute atomic E-state index is 11.8. The van der Waals surface area contributed by atoms with Crippen molar-refractivity contribution in [1.82, 2.24) is 5.32 Å². The quantitative estimate of drug-likeness (QED) is 0.803. The van der Waals surface area contributed by atoms with E-state index in [1.54, 1.807) is 0 Å². The first-order chi connectivity index (χ1) is 8.74. The van der Waals surface area contributed by atoms with Crippen LogP contribution in [-0.2, 0) is 9.53 Å². The largest absolute Gasteiger partial charge is 0.378 e. The first-order valence-corrected chi connectivity index (χ1v) is 7.40. The van der Waals surface area contributed by atoms with Crippen LogP contribution >= 0.6 is 0 Å². The first-order valence-electron chi connectivity index (χ1n) is 7.40. The van der Waals surface area contributed by atoms with Crippen LogP contribution in [0.5, 0.6) is 0 Å². The van der Waals surface area contributed by atoms with Crippen LogP contribution in [-0.4, -0.2) is 30.7 Å². The molecule has 104 valence electrons. The van der Waals surface area contributed by atoms with Gasteiger partial charge in [0, 0.05) is 25.1 Å². The molecule has 1 amide bonds. The van der Waals surface area contributed by atoms with Gasteiger partial charge in [-0.1, -0.05) is 0 Å². The minimum absolute atomic E-state index is 0.185. The van der Waals surface area contributed by atoms with E-state index in [4.69, 9.17) is 10.5 Å². The Bertz CT molecular complexity index is 257. The number of carbonyl (C=O) groups excluding carboxylic acids is 1. The minimum atomic E-state index is 0.185. The topological polar surface area (TPSA) is 64.3 Å². The van der Waals surface area contributed by atoms with Gasteiger partial charge in [0.1, 0.15) is 0 Å². The Balaban J connectivity index is 1.59. The highest BCUT2D eigenvalue weighted by molar-refractivity contribution is 5.76. The molecule has 0 radical (unpaired) electrons. The fraction of sp³-hybridized carbons (Fsp3) is 0.929. The lowest BCUT2D eigenvalue weighted by Crippen LogP contribution is -2.40. The maximum Gasteiger partial charge on any atom is 0.220 e. The average molecular weight is 254 g/mol. The van der Waals surface area contributed by atoms with E-state index in [0.29, 0.717) is 24.6 Å². The van der Waals surface area contributed by atoms with E-state index in [2.05, 4.69) is 5.32 Å². The molecule has 2 fully saturated rings. The van der Waals surface area contributed by atoms with Gasteiger partial charge in [0.2, 0.25) is 5.91 Å². The minimum Gasteiger partial charge on any atom is -0.378 e. The Kier molecular flexibility index (Phi) is 5.45. The molecule has 4 heteroatoms. The van der Waals surface area contributed by atoms with Crippen molar-refractivity contribution in [3.8, 4) is 0 Å². The van der Waals surface area contributed by atoms with Gasteiger partial charge in [0.15, 0.2) is 0 Å². The molecule has 1 saturated heterocycles. The van der Waals surface area contributed by atoms with Crippen LogP contribution in [0.2, 0.25) is 0 Å². The molecule has 18 heavy (non-hydrogen) atoms. The Labute approximate surface area is 110 Å². The van der Waals surface area contributed by atoms with E-state index < -0.39 is 0 Å². The number of hydrogen-bond acceptors (Lipinski definition) is 3. The predicted octanol–water partition coefficient (Wildman–Crippen LogP) is 1.72. The van der Waals surface area contributed by atoms with Crippen molar-refractivity contribution in [3.63, 3.8) is 0 Å². The summed E-state index contributed by atoms with van der Waals surface area (Å²) in [6.45, 7) is 0.868. The van der Waals surface area contributed by atoms with Crippen LogP contribution in [0, 0.1) is 0 Å². The van der Waals surface area contributed by atoms with Crippen molar-refractivity contribution in [2.75, 3.05) is 6.61 Å². The summed E-state index contributed by atoms with van der Waals surface area (Å²) in [5.41, 5.74) is 5.85. The molecular weight excluding hydrogens is 228 g/mol. The summed E-state index contributed by atoms with van der Waals surface area (Å²) >= 11 is 0. The second-order valence-corrected chi connectivity index (χ2v) is 5.71. The highest BCUT2D eigenvalue weighted by Crippen LogP contribution is 2.19. The van der Waals surface area contributed by atoms with Crippen molar-refractivity contribution in [3.05, 3.63) is 0 Å². The molecule has 1 unspecified atom stereocenters. The lowest BCUT2D eigenvalue weighted by Gasteiger charge is -2.27. The number of rotatable bonds is 4. The molecule has 1 atom stereocenters. The van der Waals surface area contributed by atoms with Crippen LogP contribution in [0.25, 0.3) is 0 Å². The fourth-order valence-electron chi connectivity index (χ4n) is 2.89. The smallest absolute Gasteiger partial charge is 0.220 e. The summed E-state index contributed by atoms with van der Waals surface area (Å²) in [5.74, 6) is 0.185. The number of amides is 1. The van der Waals surface area contributed by atoms with Gasteiger partial charge in [-0.15, -0.1) is 0 Å². The van der Waals surface area contributed by atoms with Gasteiger partial charge in [-0.3, -0.25) is 4.79 Å². The van der Waals surface area contributed by atoms with Crippen LogP contribution in [0.1, 0.15) is 57.8 Å². The Morgan fingerprint density at radius 1 is 1.17 bits per heavy atom. The predicted molar refractivity (Wildman–Crippen MR) is 71.2 cm³/mol. The van der Waals surface area contributed by atoms with Crippen LogP contribution < -0.4 is 11.1 Å². The molecule has 0 aromatic heterocycles. The van der Waals surface area contributed by atoms with Crippen molar-refractivity contribution in [2.45, 2.75) is 76.0 Å². The number of nitrogens with two attached hydrogens (primary N) is 1. The van der Waals surface area contributed by atoms with Gasteiger partial charge in [0.25, 0.3) is 0 Å². The summed E-state index contributed by atoms with van der Waals surface area (Å²) in [7, 11) is 0. The van der Waals surface area contributed by atoms with E-state index >= 15 is 0 Å². The van der Waals surface area contributed by atoms with E-state index in [1.807, 2.05) is 0 Å². The molecule has 1 aliphatic heterocycles. The molecule has 2 aliphatic rings. The molecule has 2 rings (SSSR count). The number of nitrogens with one attached hydrogen (secondary N) is 1. The highest BCUT2D eigenvalue weighted by Gasteiger charge is 2.21. The van der Waals surface area contributed by atoms with Gasteiger partial charge in [0.05, 0.1) is 6.10 Å². The Morgan fingerprint density at radius 2 is 1.94 bits per heavy atom. The third-order valence-corrected chi connectivity index (χ3v) is 4.10. The normalized spacial score (nSPS) is 33.1. The highest BCUT2D eigenvalue weighted by atomic mass is 16.5. The SMILES string of the molecule is NC1CCC(NC(=O)CCC2CCCCO2)CC1.